The van der Waals surface area contributed by atoms with Gasteiger partial charge < -0.3 is 14.5 Å². The quantitative estimate of drug-likeness (QED) is 0.578. The molecule has 0 spiro atoms. The van der Waals surface area contributed by atoms with E-state index >= 15 is 0 Å². The van der Waals surface area contributed by atoms with Crippen molar-refractivity contribution in [3.63, 3.8) is 0 Å². The number of aliphatic hydroxyl groups is 1. The lowest BCUT2D eigenvalue weighted by Gasteiger charge is -2.33. The van der Waals surface area contributed by atoms with E-state index < -0.39 is 0 Å². The standard InChI is InChI=1S/C18H27N4O/c1-15-13-17(18(19-3)20-4)14-16(2)21(15)9-7-10-22(5,6)11-8-12-23/h13-14,23H,7-12H2,1-2,5-6H3/q+1. The third kappa shape index (κ3) is 5.56. The fourth-order valence-electron chi connectivity index (χ4n) is 2.83. The zero-order chi connectivity index (χ0) is 17.5. The van der Waals surface area contributed by atoms with Crippen molar-refractivity contribution in [3.05, 3.63) is 57.8 Å². The van der Waals surface area contributed by atoms with Gasteiger partial charge in [-0.2, -0.15) is 9.69 Å². The zero-order valence-corrected chi connectivity index (χ0v) is 14.6. The van der Waals surface area contributed by atoms with E-state index in [1.165, 1.54) is 0 Å². The van der Waals surface area contributed by atoms with Crippen molar-refractivity contribution in [2.75, 3.05) is 40.3 Å². The van der Waals surface area contributed by atoms with E-state index in [-0.39, 0.29) is 12.4 Å². The maximum Gasteiger partial charge on any atom is 0.526 e. The van der Waals surface area contributed by atoms with Gasteiger partial charge in [0.2, 0.25) is 0 Å². The summed E-state index contributed by atoms with van der Waals surface area (Å²) in [6, 6.07) is 0. The van der Waals surface area contributed by atoms with Gasteiger partial charge in [-0.25, -0.2) is 0 Å². The number of hydrogen-bond donors (Lipinski definition) is 1. The number of allylic oxidation sites excluding steroid dienone is 5. The molecule has 23 heavy (non-hydrogen) atoms. The number of quaternary nitrogens is 1. The van der Waals surface area contributed by atoms with E-state index in [1.54, 1.807) is 0 Å². The van der Waals surface area contributed by atoms with Gasteiger partial charge in [-0.15, -0.1) is 0 Å². The smallest absolute Gasteiger partial charge is 0.396 e. The van der Waals surface area contributed by atoms with Crippen LogP contribution < -0.4 is 0 Å². The molecule has 0 aromatic carbocycles. The van der Waals surface area contributed by atoms with Crippen LogP contribution in [0.2, 0.25) is 0 Å². The number of hydrogen-bond acceptors (Lipinski definition) is 2. The minimum Gasteiger partial charge on any atom is -0.396 e. The molecule has 1 rings (SSSR count). The SMILES string of the molecule is [C-]#[N+]C([N+]#[C-])=C1C=C(C)N(CCC[N+](C)(C)CCCO)C(C)=C1. The predicted octanol–water partition coefficient (Wildman–Crippen LogP) is 3.01. The Kier molecular flexibility index (Phi) is 7.03. The van der Waals surface area contributed by atoms with Crippen LogP contribution in [0.1, 0.15) is 26.7 Å². The molecule has 5 heteroatoms. The van der Waals surface area contributed by atoms with Crippen LogP contribution in [-0.2, 0) is 0 Å². The second kappa shape index (κ2) is 8.53. The van der Waals surface area contributed by atoms with E-state index in [0.717, 1.165) is 48.4 Å². The Morgan fingerprint density at radius 3 is 2.09 bits per heavy atom. The van der Waals surface area contributed by atoms with E-state index in [4.69, 9.17) is 18.3 Å². The largest absolute Gasteiger partial charge is 0.526 e. The molecule has 0 fully saturated rings. The second-order valence-electron chi connectivity index (χ2n) is 6.54. The lowest BCUT2D eigenvalue weighted by molar-refractivity contribution is -0.890. The Morgan fingerprint density at radius 2 is 1.61 bits per heavy atom. The van der Waals surface area contributed by atoms with Crippen molar-refractivity contribution in [1.29, 1.82) is 0 Å². The van der Waals surface area contributed by atoms with Crippen LogP contribution in [0.25, 0.3) is 9.69 Å². The van der Waals surface area contributed by atoms with Crippen LogP contribution in [0.15, 0.2) is 34.9 Å². The molecule has 1 aliphatic rings. The number of nitrogens with zero attached hydrogens (tertiary/aromatic N) is 4. The fourth-order valence-corrected chi connectivity index (χ4v) is 2.83. The predicted molar refractivity (Wildman–Crippen MR) is 92.6 cm³/mol. The summed E-state index contributed by atoms with van der Waals surface area (Å²) in [5.41, 5.74) is 2.86. The molecule has 124 valence electrons. The van der Waals surface area contributed by atoms with Crippen LogP contribution in [0.5, 0.6) is 0 Å². The average molecular weight is 315 g/mol. The first-order valence-electron chi connectivity index (χ1n) is 7.91. The summed E-state index contributed by atoms with van der Waals surface area (Å²) in [5, 5.41) is 8.96. The molecule has 0 unspecified atom stereocenters. The summed E-state index contributed by atoms with van der Waals surface area (Å²) in [6.07, 6.45) is 5.72. The van der Waals surface area contributed by atoms with Gasteiger partial charge in [0, 0.05) is 37.4 Å². The summed E-state index contributed by atoms with van der Waals surface area (Å²) in [4.78, 5) is 8.82. The van der Waals surface area contributed by atoms with Gasteiger partial charge in [0.25, 0.3) is 0 Å². The molecular formula is C18H27N4O+. The Hall–Kier alpha value is -2.08. The molecule has 1 aliphatic heterocycles. The molecule has 1 N–H and O–H groups in total. The highest BCUT2D eigenvalue weighted by Crippen LogP contribution is 2.25. The highest BCUT2D eigenvalue weighted by molar-refractivity contribution is 5.46. The first-order valence-corrected chi connectivity index (χ1v) is 7.91. The van der Waals surface area contributed by atoms with Crippen molar-refractivity contribution < 1.29 is 9.59 Å². The van der Waals surface area contributed by atoms with Crippen LogP contribution in [0.4, 0.5) is 0 Å². The maximum absolute atomic E-state index is 8.96. The van der Waals surface area contributed by atoms with Gasteiger partial charge in [0.15, 0.2) is 0 Å². The average Bonchev–Trinajstić information content (AvgIpc) is 2.49. The number of rotatable bonds is 7. The minimum atomic E-state index is 0.130. The van der Waals surface area contributed by atoms with Gasteiger partial charge in [0.05, 0.1) is 32.8 Å². The molecule has 0 bridgehead atoms. The maximum atomic E-state index is 8.96. The van der Waals surface area contributed by atoms with Crippen molar-refractivity contribution in [2.24, 2.45) is 0 Å². The summed E-state index contributed by atoms with van der Waals surface area (Å²) in [5.74, 6) is 0.130. The number of aliphatic hydroxyl groups excluding tert-OH is 1. The molecular weight excluding hydrogens is 288 g/mol. The molecule has 0 saturated heterocycles. The third-order valence-electron chi connectivity index (χ3n) is 4.12. The molecule has 0 aromatic heterocycles. The molecule has 0 aromatic rings. The van der Waals surface area contributed by atoms with Gasteiger partial charge in [-0.3, -0.25) is 0 Å². The first kappa shape index (κ1) is 19.0. The summed E-state index contributed by atoms with van der Waals surface area (Å²) in [6.45, 7) is 21.4. The van der Waals surface area contributed by atoms with E-state index in [1.807, 2.05) is 26.0 Å². The van der Waals surface area contributed by atoms with E-state index in [2.05, 4.69) is 28.7 Å². The van der Waals surface area contributed by atoms with Crippen molar-refractivity contribution in [1.82, 2.24) is 4.90 Å². The third-order valence-corrected chi connectivity index (χ3v) is 4.12. The highest BCUT2D eigenvalue weighted by Gasteiger charge is 2.20. The Morgan fingerprint density at radius 1 is 1.09 bits per heavy atom. The summed E-state index contributed by atoms with van der Waals surface area (Å²) >= 11 is 0. The zero-order valence-electron chi connectivity index (χ0n) is 14.6. The summed E-state index contributed by atoms with van der Waals surface area (Å²) < 4.78 is 0.907. The van der Waals surface area contributed by atoms with Crippen LogP contribution in [-0.4, -0.2) is 54.8 Å². The molecule has 0 radical (unpaired) electrons. The minimum absolute atomic E-state index is 0.130. The topological polar surface area (TPSA) is 32.2 Å². The van der Waals surface area contributed by atoms with Gasteiger partial charge >= 0.3 is 5.82 Å². The summed E-state index contributed by atoms with van der Waals surface area (Å²) in [7, 11) is 4.38. The molecule has 0 saturated carbocycles. The second-order valence-corrected chi connectivity index (χ2v) is 6.54. The molecule has 5 nitrogen and oxygen atoms in total. The van der Waals surface area contributed by atoms with E-state index in [9.17, 15) is 0 Å². The van der Waals surface area contributed by atoms with Gasteiger partial charge in [-0.1, -0.05) is 0 Å². The molecule has 0 amide bonds. The first-order chi connectivity index (χ1) is 10.8. The molecule has 0 atom stereocenters. The molecule has 0 aliphatic carbocycles. The van der Waals surface area contributed by atoms with Crippen molar-refractivity contribution >= 4 is 0 Å². The van der Waals surface area contributed by atoms with Gasteiger partial charge in [0.1, 0.15) is 13.1 Å². The van der Waals surface area contributed by atoms with Crippen LogP contribution in [0.3, 0.4) is 0 Å². The van der Waals surface area contributed by atoms with E-state index in [0.29, 0.717) is 5.57 Å². The van der Waals surface area contributed by atoms with Crippen molar-refractivity contribution in [2.45, 2.75) is 26.7 Å². The fraction of sp³-hybridized carbons (Fsp3) is 0.556. The Labute approximate surface area is 140 Å². The lowest BCUT2D eigenvalue weighted by Crippen LogP contribution is -2.42. The monoisotopic (exact) mass is 315 g/mol. The normalized spacial score (nSPS) is 14.7. The lowest BCUT2D eigenvalue weighted by atomic mass is 10.1. The van der Waals surface area contributed by atoms with Gasteiger partial charge in [-0.05, 0) is 26.0 Å². The Balaban J connectivity index is 2.70. The van der Waals surface area contributed by atoms with Crippen LogP contribution >= 0.6 is 0 Å². The Bertz CT molecular complexity index is 561. The van der Waals surface area contributed by atoms with Crippen LogP contribution in [0, 0.1) is 13.1 Å². The molecule has 1 heterocycles. The highest BCUT2D eigenvalue weighted by atomic mass is 16.3. The van der Waals surface area contributed by atoms with Crippen molar-refractivity contribution in [3.8, 4) is 0 Å².